The van der Waals surface area contributed by atoms with E-state index >= 15 is 0 Å². The van der Waals surface area contributed by atoms with Crippen molar-refractivity contribution in [2.45, 2.75) is 69.9 Å². The van der Waals surface area contributed by atoms with Gasteiger partial charge < -0.3 is 50.8 Å². The van der Waals surface area contributed by atoms with Gasteiger partial charge in [-0.1, -0.05) is 41.9 Å². The third-order valence-electron chi connectivity index (χ3n) is 8.18. The SMILES string of the molecule is COC(=O)[C@H]1CCN(C(=O)COCCOCCOCC(=O)N[C@H](C(=O)N[C@@H](CCCNC(N)=O)C(=O)Nc2ccc(CBr)cc2)C(C)C)[C@@H](C)C1. The lowest BCUT2D eigenvalue weighted by atomic mass is 9.91. The van der Waals surface area contributed by atoms with Gasteiger partial charge in [-0.05, 0) is 56.2 Å². The summed E-state index contributed by atoms with van der Waals surface area (Å²) in [6, 6.07) is 4.54. The highest BCUT2D eigenvalue weighted by atomic mass is 79.9. The van der Waals surface area contributed by atoms with Crippen molar-refractivity contribution < 1.29 is 47.7 Å². The molecule has 0 spiro atoms. The summed E-state index contributed by atoms with van der Waals surface area (Å²) in [5, 5.41) is 11.3. The maximum Gasteiger partial charge on any atom is 0.312 e. The molecule has 16 nitrogen and oxygen atoms in total. The van der Waals surface area contributed by atoms with Gasteiger partial charge in [0.2, 0.25) is 23.6 Å². The van der Waals surface area contributed by atoms with Crippen molar-refractivity contribution in [1.29, 1.82) is 0 Å². The highest BCUT2D eigenvalue weighted by molar-refractivity contribution is 9.08. The quantitative estimate of drug-likeness (QED) is 0.0648. The molecule has 0 radical (unpaired) electrons. The summed E-state index contributed by atoms with van der Waals surface area (Å²) >= 11 is 3.38. The molecule has 286 valence electrons. The number of amides is 6. The average Bonchev–Trinajstić information content (AvgIpc) is 3.10. The number of piperidine rings is 1. The number of likely N-dealkylation sites (tertiary alicyclic amines) is 1. The Morgan fingerprint density at radius 1 is 0.941 bits per heavy atom. The van der Waals surface area contributed by atoms with Crippen LogP contribution >= 0.6 is 15.9 Å². The molecular formula is C34H53BrN6O10. The van der Waals surface area contributed by atoms with E-state index in [2.05, 4.69) is 37.2 Å². The molecule has 6 N–H and O–H groups in total. The molecule has 17 heteroatoms. The Bertz CT molecular complexity index is 1280. The first-order valence-corrected chi connectivity index (χ1v) is 18.2. The molecular weight excluding hydrogens is 732 g/mol. The van der Waals surface area contributed by atoms with E-state index in [9.17, 15) is 28.8 Å². The number of hydrogen-bond donors (Lipinski definition) is 5. The number of benzene rings is 1. The minimum Gasteiger partial charge on any atom is -0.469 e. The first-order valence-electron chi connectivity index (χ1n) is 17.1. The molecule has 0 unspecified atom stereocenters. The number of urea groups is 1. The van der Waals surface area contributed by atoms with Gasteiger partial charge >= 0.3 is 12.0 Å². The van der Waals surface area contributed by atoms with Crippen LogP contribution in [0.1, 0.15) is 52.0 Å². The minimum atomic E-state index is -0.953. The molecule has 0 aliphatic carbocycles. The maximum absolute atomic E-state index is 13.3. The lowest BCUT2D eigenvalue weighted by Crippen LogP contribution is -2.55. The third kappa shape index (κ3) is 16.4. The molecule has 2 rings (SSSR count). The van der Waals surface area contributed by atoms with Crippen LogP contribution in [0.5, 0.6) is 0 Å². The molecule has 1 aliphatic rings. The van der Waals surface area contributed by atoms with Crippen molar-refractivity contribution in [1.82, 2.24) is 20.9 Å². The number of ether oxygens (including phenoxy) is 4. The number of hydrogen-bond acceptors (Lipinski definition) is 10. The van der Waals surface area contributed by atoms with Crippen LogP contribution in [0.15, 0.2) is 24.3 Å². The van der Waals surface area contributed by atoms with E-state index in [4.69, 9.17) is 24.7 Å². The number of rotatable bonds is 22. The highest BCUT2D eigenvalue weighted by Crippen LogP contribution is 2.24. The Morgan fingerprint density at radius 2 is 1.59 bits per heavy atom. The second-order valence-corrected chi connectivity index (χ2v) is 13.1. The fourth-order valence-electron chi connectivity index (χ4n) is 5.37. The standard InChI is InChI=1S/C34H53BrN6O10/c1-22(2)30(32(45)39-27(6-5-12-37-34(36)47)31(44)38-26-9-7-24(19-35)8-10-26)40-28(42)20-50-16-14-49-15-17-51-21-29(43)41-13-11-25(18-23(41)3)33(46)48-4/h7-10,22-23,25,27,30H,5-6,11-21H2,1-4H3,(H,38,44)(H,39,45)(H,40,42)(H3,36,37,47)/t23-,25-,27-,30-/m0/s1. The van der Waals surface area contributed by atoms with Gasteiger partial charge in [-0.2, -0.15) is 0 Å². The second kappa shape index (κ2) is 23.6. The number of primary amides is 1. The van der Waals surface area contributed by atoms with Crippen LogP contribution in [0.25, 0.3) is 0 Å². The van der Waals surface area contributed by atoms with Gasteiger partial charge in [-0.25, -0.2) is 4.79 Å². The molecule has 0 bridgehead atoms. The fraction of sp³-hybridized carbons (Fsp3) is 0.647. The molecule has 1 saturated heterocycles. The van der Waals surface area contributed by atoms with Crippen LogP contribution in [0, 0.1) is 11.8 Å². The Hall–Kier alpha value is -3.80. The molecule has 1 aromatic carbocycles. The summed E-state index contributed by atoms with van der Waals surface area (Å²) < 4.78 is 21.1. The zero-order valence-electron chi connectivity index (χ0n) is 29.9. The van der Waals surface area contributed by atoms with Crippen molar-refractivity contribution in [2.75, 3.05) is 65.2 Å². The van der Waals surface area contributed by atoms with Crippen molar-refractivity contribution in [3.8, 4) is 0 Å². The highest BCUT2D eigenvalue weighted by Gasteiger charge is 2.33. The molecule has 6 amide bonds. The number of anilines is 1. The summed E-state index contributed by atoms with van der Waals surface area (Å²) in [7, 11) is 1.36. The summed E-state index contributed by atoms with van der Waals surface area (Å²) in [5.41, 5.74) is 6.71. The summed E-state index contributed by atoms with van der Waals surface area (Å²) in [6.45, 7) is 6.38. The molecule has 51 heavy (non-hydrogen) atoms. The van der Waals surface area contributed by atoms with E-state index in [0.717, 1.165) is 5.56 Å². The first-order chi connectivity index (χ1) is 24.4. The number of nitrogens with one attached hydrogen (secondary N) is 4. The lowest BCUT2D eigenvalue weighted by Gasteiger charge is -2.36. The molecule has 1 aromatic rings. The minimum absolute atomic E-state index is 0.0884. The van der Waals surface area contributed by atoms with Crippen molar-refractivity contribution in [3.63, 3.8) is 0 Å². The zero-order valence-corrected chi connectivity index (χ0v) is 31.5. The van der Waals surface area contributed by atoms with E-state index in [-0.39, 0.29) is 82.4 Å². The summed E-state index contributed by atoms with van der Waals surface area (Å²) in [6.07, 6.45) is 1.68. The third-order valence-corrected chi connectivity index (χ3v) is 8.82. The predicted molar refractivity (Wildman–Crippen MR) is 192 cm³/mol. The van der Waals surface area contributed by atoms with Gasteiger partial charge in [0.1, 0.15) is 25.3 Å². The van der Waals surface area contributed by atoms with E-state index in [0.29, 0.717) is 36.8 Å². The number of nitrogens with zero attached hydrogens (tertiary/aromatic N) is 1. The van der Waals surface area contributed by atoms with Gasteiger partial charge in [0.15, 0.2) is 0 Å². The van der Waals surface area contributed by atoms with Crippen LogP contribution in [-0.4, -0.2) is 118 Å². The molecule has 1 heterocycles. The smallest absolute Gasteiger partial charge is 0.312 e. The predicted octanol–water partition coefficient (Wildman–Crippen LogP) is 1.44. The van der Waals surface area contributed by atoms with Crippen LogP contribution in [0.3, 0.4) is 0 Å². The van der Waals surface area contributed by atoms with Crippen molar-refractivity contribution in [2.24, 2.45) is 17.6 Å². The van der Waals surface area contributed by atoms with Crippen molar-refractivity contribution >= 4 is 57.2 Å². The first kappa shape index (κ1) is 43.4. The molecule has 1 aliphatic heterocycles. The molecule has 0 saturated carbocycles. The monoisotopic (exact) mass is 784 g/mol. The number of carbonyl (C=O) groups excluding carboxylic acids is 6. The number of methoxy groups -OCH3 is 1. The van der Waals surface area contributed by atoms with Gasteiger partial charge in [0, 0.05) is 30.1 Å². The van der Waals surface area contributed by atoms with Crippen molar-refractivity contribution in [3.05, 3.63) is 29.8 Å². The summed E-state index contributed by atoms with van der Waals surface area (Å²) in [4.78, 5) is 76.2. The van der Waals surface area contributed by atoms with Crippen LogP contribution in [0.4, 0.5) is 10.5 Å². The van der Waals surface area contributed by atoms with Crippen LogP contribution in [-0.2, 0) is 48.3 Å². The number of esters is 1. The van der Waals surface area contributed by atoms with Crippen LogP contribution in [0.2, 0.25) is 0 Å². The zero-order chi connectivity index (χ0) is 37.8. The molecule has 1 fully saturated rings. The lowest BCUT2D eigenvalue weighted by molar-refractivity contribution is -0.151. The average molecular weight is 786 g/mol. The fourth-order valence-corrected chi connectivity index (χ4v) is 5.75. The van der Waals surface area contributed by atoms with Gasteiger partial charge in [0.05, 0.1) is 39.5 Å². The van der Waals surface area contributed by atoms with E-state index in [1.807, 2.05) is 19.1 Å². The van der Waals surface area contributed by atoms with Crippen LogP contribution < -0.4 is 27.0 Å². The Labute approximate surface area is 307 Å². The molecule has 4 atom stereocenters. The Kier molecular flexibility index (Phi) is 20.1. The normalized spacial score (nSPS) is 16.9. The number of halogens is 1. The van der Waals surface area contributed by atoms with E-state index in [1.165, 1.54) is 7.11 Å². The van der Waals surface area contributed by atoms with E-state index < -0.39 is 35.8 Å². The summed E-state index contributed by atoms with van der Waals surface area (Å²) in [5.74, 6) is -2.42. The second-order valence-electron chi connectivity index (χ2n) is 12.5. The largest absolute Gasteiger partial charge is 0.469 e. The van der Waals surface area contributed by atoms with Gasteiger partial charge in [-0.3, -0.25) is 24.0 Å². The van der Waals surface area contributed by atoms with Gasteiger partial charge in [-0.15, -0.1) is 0 Å². The molecule has 0 aromatic heterocycles. The topological polar surface area (TPSA) is 217 Å². The maximum atomic E-state index is 13.3. The number of nitrogens with two attached hydrogens (primary N) is 1. The Balaban J connectivity index is 1.72. The van der Waals surface area contributed by atoms with E-state index in [1.54, 1.807) is 30.9 Å². The Morgan fingerprint density at radius 3 is 2.18 bits per heavy atom. The number of carbonyl (C=O) groups is 6. The number of alkyl halides is 1. The van der Waals surface area contributed by atoms with Gasteiger partial charge in [0.25, 0.3) is 0 Å².